The molecular weight excluding hydrogens is 588 g/mol. The number of amides is 4. The van der Waals surface area contributed by atoms with Crippen LogP contribution in [0, 0.1) is 0 Å². The van der Waals surface area contributed by atoms with E-state index in [0.29, 0.717) is 11.1 Å². The third kappa shape index (κ3) is 9.50. The number of para-hydroxylation sites is 1. The van der Waals surface area contributed by atoms with Gasteiger partial charge in [-0.15, -0.1) is 0 Å². The summed E-state index contributed by atoms with van der Waals surface area (Å²) in [6.07, 6.45) is 1.58. The molecule has 12 heteroatoms. The molecule has 1 heterocycles. The molecule has 1 aromatic heterocycles. The number of hydrogen-bond acceptors (Lipinski definition) is 6. The molecule has 4 unspecified atom stereocenters. The number of nitrogens with two attached hydrogens (primary N) is 2. The molecule has 0 radical (unpaired) electrons. The third-order valence-electron chi connectivity index (χ3n) is 7.58. The zero-order valence-electron chi connectivity index (χ0n) is 25.1. The Morgan fingerprint density at radius 3 is 1.85 bits per heavy atom. The van der Waals surface area contributed by atoms with Crippen LogP contribution in [-0.4, -0.2) is 63.9 Å². The highest BCUT2D eigenvalue weighted by molar-refractivity contribution is 5.95. The fourth-order valence-electron chi connectivity index (χ4n) is 5.12. The van der Waals surface area contributed by atoms with E-state index in [1.54, 1.807) is 36.5 Å². The van der Waals surface area contributed by atoms with Crippen molar-refractivity contribution in [1.29, 1.82) is 0 Å². The average molecular weight is 627 g/mol. The lowest BCUT2D eigenvalue weighted by molar-refractivity contribution is -0.142. The second-order valence-corrected chi connectivity index (χ2v) is 11.1. The number of fused-ring (bicyclic) bond motifs is 1. The lowest BCUT2D eigenvalue weighted by Crippen LogP contribution is -2.58. The summed E-state index contributed by atoms with van der Waals surface area (Å²) < 4.78 is 0. The topological polar surface area (TPSA) is 209 Å². The zero-order chi connectivity index (χ0) is 33.1. The summed E-state index contributed by atoms with van der Waals surface area (Å²) in [6.45, 7) is 0. The van der Waals surface area contributed by atoms with E-state index >= 15 is 0 Å². The summed E-state index contributed by atoms with van der Waals surface area (Å²) in [7, 11) is 0. The van der Waals surface area contributed by atoms with Gasteiger partial charge >= 0.3 is 5.97 Å². The molecular formula is C34H38N6O6. The minimum absolute atomic E-state index is 0.00626. The predicted molar refractivity (Wildman–Crippen MR) is 172 cm³/mol. The Bertz CT molecular complexity index is 1660. The number of benzene rings is 3. The first kappa shape index (κ1) is 33.4. The maximum Gasteiger partial charge on any atom is 0.326 e. The highest BCUT2D eigenvalue weighted by Gasteiger charge is 2.31. The number of carboxylic acid groups (broad SMARTS) is 1. The van der Waals surface area contributed by atoms with Crippen LogP contribution in [0.1, 0.15) is 29.5 Å². The van der Waals surface area contributed by atoms with Gasteiger partial charge < -0.3 is 37.5 Å². The van der Waals surface area contributed by atoms with Gasteiger partial charge in [0, 0.05) is 36.4 Å². The van der Waals surface area contributed by atoms with Gasteiger partial charge in [-0.05, 0) is 35.6 Å². The molecule has 0 saturated heterocycles. The molecule has 3 aromatic carbocycles. The van der Waals surface area contributed by atoms with Crippen molar-refractivity contribution in [3.05, 3.63) is 108 Å². The molecule has 0 bridgehead atoms. The molecule has 0 spiro atoms. The Labute approximate surface area is 265 Å². The molecule has 4 amide bonds. The largest absolute Gasteiger partial charge is 0.480 e. The number of carboxylic acids is 1. The van der Waals surface area contributed by atoms with Crippen LogP contribution in [-0.2, 0) is 43.2 Å². The normalized spacial score (nSPS) is 13.6. The van der Waals surface area contributed by atoms with Crippen LogP contribution in [0.2, 0.25) is 0 Å². The van der Waals surface area contributed by atoms with Crippen LogP contribution in [0.5, 0.6) is 0 Å². The van der Waals surface area contributed by atoms with Crippen molar-refractivity contribution in [2.45, 2.75) is 56.3 Å². The van der Waals surface area contributed by atoms with E-state index in [9.17, 15) is 29.1 Å². The second kappa shape index (κ2) is 16.0. The molecule has 46 heavy (non-hydrogen) atoms. The van der Waals surface area contributed by atoms with Crippen molar-refractivity contribution >= 4 is 40.5 Å². The smallest absolute Gasteiger partial charge is 0.326 e. The minimum Gasteiger partial charge on any atom is -0.480 e. The molecule has 4 rings (SSSR count). The number of nitrogens with one attached hydrogen (secondary N) is 4. The Hall–Kier alpha value is -5.49. The molecule has 12 nitrogen and oxygen atoms in total. The molecule has 0 aliphatic carbocycles. The monoisotopic (exact) mass is 626 g/mol. The SMILES string of the molecule is NC(=O)CCC(NC(=O)C(N)Cc1ccccc1)C(=O)NC(Cc1ccccc1)C(=O)NC(Cc1c[nH]c2ccccc12)C(=O)O. The molecule has 9 N–H and O–H groups in total. The van der Waals surface area contributed by atoms with E-state index in [0.717, 1.165) is 16.5 Å². The van der Waals surface area contributed by atoms with Crippen LogP contribution >= 0.6 is 0 Å². The van der Waals surface area contributed by atoms with Gasteiger partial charge in [0.2, 0.25) is 23.6 Å². The highest BCUT2D eigenvalue weighted by atomic mass is 16.4. The molecule has 4 atom stereocenters. The quantitative estimate of drug-likeness (QED) is 0.0969. The van der Waals surface area contributed by atoms with Gasteiger partial charge in [-0.3, -0.25) is 19.2 Å². The number of hydrogen-bond donors (Lipinski definition) is 7. The van der Waals surface area contributed by atoms with Crippen molar-refractivity contribution in [1.82, 2.24) is 20.9 Å². The lowest BCUT2D eigenvalue weighted by atomic mass is 10.0. The summed E-state index contributed by atoms with van der Waals surface area (Å²) in [5.74, 6) is -4.03. The predicted octanol–water partition coefficient (Wildman–Crippen LogP) is 1.33. The highest BCUT2D eigenvalue weighted by Crippen LogP contribution is 2.19. The van der Waals surface area contributed by atoms with E-state index in [2.05, 4.69) is 20.9 Å². The van der Waals surface area contributed by atoms with Crippen LogP contribution in [0.3, 0.4) is 0 Å². The summed E-state index contributed by atoms with van der Waals surface area (Å²) >= 11 is 0. The van der Waals surface area contributed by atoms with Gasteiger partial charge in [0.1, 0.15) is 18.1 Å². The molecule has 0 saturated carbocycles. The first-order valence-electron chi connectivity index (χ1n) is 14.9. The number of aromatic nitrogens is 1. The number of carbonyl (C=O) groups is 5. The Morgan fingerprint density at radius 2 is 1.22 bits per heavy atom. The first-order chi connectivity index (χ1) is 22.1. The van der Waals surface area contributed by atoms with Crippen LogP contribution in [0.25, 0.3) is 10.9 Å². The van der Waals surface area contributed by atoms with Crippen LogP contribution in [0.4, 0.5) is 0 Å². The number of primary amides is 1. The third-order valence-corrected chi connectivity index (χ3v) is 7.58. The van der Waals surface area contributed by atoms with Gasteiger partial charge in [0.25, 0.3) is 0 Å². The first-order valence-corrected chi connectivity index (χ1v) is 14.9. The van der Waals surface area contributed by atoms with Crippen LogP contribution in [0.15, 0.2) is 91.1 Å². The summed E-state index contributed by atoms with van der Waals surface area (Å²) in [4.78, 5) is 67.2. The molecule has 240 valence electrons. The van der Waals surface area contributed by atoms with E-state index in [1.807, 2.05) is 54.6 Å². The average Bonchev–Trinajstić information content (AvgIpc) is 3.45. The number of aromatic amines is 1. The number of aliphatic carboxylic acids is 1. The van der Waals surface area contributed by atoms with E-state index in [-0.39, 0.29) is 32.1 Å². The Kier molecular flexibility index (Phi) is 11.6. The van der Waals surface area contributed by atoms with Gasteiger partial charge in [0.05, 0.1) is 6.04 Å². The van der Waals surface area contributed by atoms with Gasteiger partial charge in [-0.1, -0.05) is 78.9 Å². The maximum absolute atomic E-state index is 13.6. The zero-order valence-corrected chi connectivity index (χ0v) is 25.1. The molecule has 0 aliphatic heterocycles. The fourth-order valence-corrected chi connectivity index (χ4v) is 5.12. The fraction of sp³-hybridized carbons (Fsp3) is 0.265. The molecule has 0 fully saturated rings. The van der Waals surface area contributed by atoms with Crippen molar-refractivity contribution < 1.29 is 29.1 Å². The molecule has 4 aromatic rings. The Balaban J connectivity index is 1.51. The van der Waals surface area contributed by atoms with Gasteiger partial charge in [-0.2, -0.15) is 0 Å². The van der Waals surface area contributed by atoms with Crippen LogP contribution < -0.4 is 27.4 Å². The number of H-pyrrole nitrogens is 1. The van der Waals surface area contributed by atoms with E-state index < -0.39 is 53.8 Å². The molecule has 0 aliphatic rings. The number of carbonyl (C=O) groups excluding carboxylic acids is 4. The second-order valence-electron chi connectivity index (χ2n) is 11.1. The van der Waals surface area contributed by atoms with Crippen molar-refractivity contribution in [3.8, 4) is 0 Å². The van der Waals surface area contributed by atoms with Crippen molar-refractivity contribution in [2.24, 2.45) is 11.5 Å². The van der Waals surface area contributed by atoms with E-state index in [1.165, 1.54) is 0 Å². The van der Waals surface area contributed by atoms with Crippen molar-refractivity contribution in [2.75, 3.05) is 0 Å². The van der Waals surface area contributed by atoms with E-state index in [4.69, 9.17) is 11.5 Å². The minimum atomic E-state index is -1.30. The standard InChI is InChI=1S/C34H38N6O6/c35-25(17-21-9-3-1-4-10-21)31(42)38-27(15-16-30(36)41)32(43)39-28(18-22-11-5-2-6-12-22)33(44)40-29(34(45)46)19-23-20-37-26-14-8-7-13-24(23)26/h1-14,20,25,27-29,37H,15-19,35H2,(H2,36,41)(H,38,42)(H,39,43)(H,40,44)(H,45,46). The Morgan fingerprint density at radius 1 is 0.674 bits per heavy atom. The summed E-state index contributed by atoms with van der Waals surface area (Å²) in [5, 5.41) is 18.7. The maximum atomic E-state index is 13.6. The van der Waals surface area contributed by atoms with Crippen molar-refractivity contribution in [3.63, 3.8) is 0 Å². The van der Waals surface area contributed by atoms with Gasteiger partial charge in [-0.25, -0.2) is 4.79 Å². The van der Waals surface area contributed by atoms with Gasteiger partial charge in [0.15, 0.2) is 0 Å². The summed E-state index contributed by atoms with van der Waals surface area (Å²) in [6, 6.07) is 20.6. The number of rotatable bonds is 16. The summed E-state index contributed by atoms with van der Waals surface area (Å²) in [5.41, 5.74) is 14.5. The lowest BCUT2D eigenvalue weighted by Gasteiger charge is -2.25.